The molecule has 0 saturated heterocycles. The summed E-state index contributed by atoms with van der Waals surface area (Å²) in [4.78, 5) is 0. The van der Waals surface area contributed by atoms with Crippen molar-refractivity contribution in [2.45, 2.75) is 6.44 Å². The van der Waals surface area contributed by atoms with Crippen LogP contribution in [0, 0.1) is 5.82 Å². The van der Waals surface area contributed by atoms with Gasteiger partial charge in [0.2, 0.25) is 0 Å². The van der Waals surface area contributed by atoms with Crippen molar-refractivity contribution in [1.82, 2.24) is 4.57 Å². The summed E-state index contributed by atoms with van der Waals surface area (Å²) in [6.07, 6.45) is 0.328. The maximum Gasteiger partial charge on any atom is 0.497 e. The Morgan fingerprint density at radius 2 is 1.87 bits per heavy atom. The molecule has 2 aromatic rings. The lowest BCUT2D eigenvalue weighted by Gasteiger charge is -2.15. The predicted octanol–water partition coefficient (Wildman–Crippen LogP) is 3.17. The van der Waals surface area contributed by atoms with E-state index in [0.29, 0.717) is 10.9 Å². The van der Waals surface area contributed by atoms with Gasteiger partial charge in [-0.3, -0.25) is 0 Å². The number of hydrogen-bond acceptors (Lipinski definition) is 0. The van der Waals surface area contributed by atoms with Gasteiger partial charge in [0.05, 0.1) is 0 Å². The smallest absolute Gasteiger partial charge is 0.448 e. The first-order chi connectivity index (χ1) is 6.96. The fraction of sp³-hybridized carbons (Fsp3) is 0.111. The largest absolute Gasteiger partial charge is 0.497 e. The molecule has 0 spiro atoms. The monoisotopic (exact) mass is 216 g/mol. The average Bonchev–Trinajstić information content (AvgIpc) is 2.45. The molecule has 0 aliphatic carbocycles. The fourth-order valence-corrected chi connectivity index (χ4v) is 1.55. The second kappa shape index (κ2) is 3.29. The molecule has 6 heteroatoms. The highest BCUT2D eigenvalue weighted by molar-refractivity contribution is 6.57. The molecule has 1 nitrogen and oxygen atoms in total. The molecular formula is C9H7BF4N-. The minimum atomic E-state index is -4.88. The molecule has 1 aromatic carbocycles. The van der Waals surface area contributed by atoms with E-state index in [-0.39, 0.29) is 0 Å². The van der Waals surface area contributed by atoms with Crippen molar-refractivity contribution < 1.29 is 17.3 Å². The Morgan fingerprint density at radius 3 is 2.53 bits per heavy atom. The number of nitrogens with zero attached hydrogens (tertiary/aromatic N) is 1. The van der Waals surface area contributed by atoms with Crippen LogP contribution >= 0.6 is 0 Å². The SMILES string of the molecule is Fc1ccc2c(ccn2C[B-](F)(F)F)c1. The van der Waals surface area contributed by atoms with E-state index >= 15 is 0 Å². The molecule has 1 aromatic heterocycles. The van der Waals surface area contributed by atoms with E-state index in [4.69, 9.17) is 0 Å². The second-order valence-electron chi connectivity index (χ2n) is 3.38. The zero-order chi connectivity index (χ0) is 11.1. The molecule has 1 heterocycles. The van der Waals surface area contributed by atoms with Gasteiger partial charge in [0.15, 0.2) is 0 Å². The van der Waals surface area contributed by atoms with Crippen LogP contribution in [0.5, 0.6) is 0 Å². The first-order valence-electron chi connectivity index (χ1n) is 4.41. The van der Waals surface area contributed by atoms with E-state index in [1.54, 1.807) is 0 Å². The summed E-state index contributed by atoms with van der Waals surface area (Å²) in [5, 5.41) is 0.482. The lowest BCUT2D eigenvalue weighted by molar-refractivity contribution is 0.448. The number of rotatable bonds is 2. The molecule has 0 atom stereocenters. The summed E-state index contributed by atoms with van der Waals surface area (Å²) in [6, 6.07) is 5.20. The molecule has 0 radical (unpaired) electrons. The van der Waals surface area contributed by atoms with Crippen LogP contribution in [0.1, 0.15) is 0 Å². The van der Waals surface area contributed by atoms with Gasteiger partial charge in [-0.2, -0.15) is 0 Å². The molecule has 0 amide bonds. The topological polar surface area (TPSA) is 4.93 Å². The number of aromatic nitrogens is 1. The number of hydrogen-bond donors (Lipinski definition) is 0. The van der Waals surface area contributed by atoms with Crippen molar-refractivity contribution in [3.8, 4) is 0 Å². The molecule has 0 saturated carbocycles. The van der Waals surface area contributed by atoms with Gasteiger partial charge in [0.1, 0.15) is 5.82 Å². The van der Waals surface area contributed by atoms with Gasteiger partial charge in [0.25, 0.3) is 0 Å². The molecule has 80 valence electrons. The van der Waals surface area contributed by atoms with Crippen molar-refractivity contribution in [1.29, 1.82) is 0 Å². The van der Waals surface area contributed by atoms with Crippen LogP contribution in [0.25, 0.3) is 10.9 Å². The van der Waals surface area contributed by atoms with Crippen molar-refractivity contribution in [3.05, 3.63) is 36.3 Å². The van der Waals surface area contributed by atoms with E-state index in [2.05, 4.69) is 0 Å². The summed E-state index contributed by atoms with van der Waals surface area (Å²) in [5.41, 5.74) is 0.399. The van der Waals surface area contributed by atoms with E-state index in [1.165, 1.54) is 24.4 Å². The van der Waals surface area contributed by atoms with Gasteiger partial charge in [-0.1, -0.05) is 0 Å². The quantitative estimate of drug-likeness (QED) is 0.536. The lowest BCUT2D eigenvalue weighted by atomic mass is 9.92. The fourth-order valence-electron chi connectivity index (χ4n) is 1.55. The van der Waals surface area contributed by atoms with E-state index in [0.717, 1.165) is 10.6 Å². The van der Waals surface area contributed by atoms with Gasteiger partial charge < -0.3 is 17.5 Å². The van der Waals surface area contributed by atoms with Crippen LogP contribution in [0.3, 0.4) is 0 Å². The Labute approximate surface area is 83.4 Å². The molecule has 0 N–H and O–H groups in total. The van der Waals surface area contributed by atoms with E-state index in [1.807, 2.05) is 0 Å². The Morgan fingerprint density at radius 1 is 1.13 bits per heavy atom. The summed E-state index contributed by atoms with van der Waals surface area (Å²) < 4.78 is 50.4. The Kier molecular flexibility index (Phi) is 2.21. The molecule has 0 unspecified atom stereocenters. The van der Waals surface area contributed by atoms with Crippen LogP contribution < -0.4 is 0 Å². The first kappa shape index (κ1) is 10.1. The van der Waals surface area contributed by atoms with E-state index < -0.39 is 19.2 Å². The van der Waals surface area contributed by atoms with Crippen molar-refractivity contribution >= 4 is 17.9 Å². The lowest BCUT2D eigenvalue weighted by Crippen LogP contribution is -2.23. The normalized spacial score (nSPS) is 12.3. The number of halogens is 4. The predicted molar refractivity (Wildman–Crippen MR) is 51.0 cm³/mol. The van der Waals surface area contributed by atoms with E-state index in [9.17, 15) is 17.3 Å². The highest BCUT2D eigenvalue weighted by Crippen LogP contribution is 2.20. The van der Waals surface area contributed by atoms with Gasteiger partial charge in [0, 0.05) is 17.1 Å². The van der Waals surface area contributed by atoms with Crippen LogP contribution in [-0.2, 0) is 6.44 Å². The van der Waals surface area contributed by atoms with Crippen LogP contribution in [-0.4, -0.2) is 11.5 Å². The maximum absolute atomic E-state index is 12.8. The summed E-state index contributed by atoms with van der Waals surface area (Å²) in [6.45, 7) is -4.88. The molecule has 0 fully saturated rings. The first-order valence-corrected chi connectivity index (χ1v) is 4.41. The second-order valence-corrected chi connectivity index (χ2v) is 3.38. The third-order valence-electron chi connectivity index (χ3n) is 2.14. The standard InChI is InChI=1S/C9H7BF4N/c11-8-1-2-9-7(5-8)3-4-15(9)6-10(12,13)14/h1-5H,6H2/q-1. The summed E-state index contributed by atoms with van der Waals surface area (Å²) in [7, 11) is 0. The summed E-state index contributed by atoms with van der Waals surface area (Å²) >= 11 is 0. The Bertz CT molecular complexity index is 488. The summed E-state index contributed by atoms with van der Waals surface area (Å²) in [5.74, 6) is -0.447. The number of benzene rings is 1. The number of fused-ring (bicyclic) bond motifs is 1. The van der Waals surface area contributed by atoms with Crippen LogP contribution in [0.4, 0.5) is 17.3 Å². The maximum atomic E-state index is 12.8. The molecule has 2 rings (SSSR count). The minimum absolute atomic E-state index is 0.399. The zero-order valence-electron chi connectivity index (χ0n) is 7.63. The van der Waals surface area contributed by atoms with Gasteiger partial charge in [-0.25, -0.2) is 4.39 Å². The van der Waals surface area contributed by atoms with Crippen molar-refractivity contribution in [3.63, 3.8) is 0 Å². The van der Waals surface area contributed by atoms with Crippen molar-refractivity contribution in [2.24, 2.45) is 0 Å². The molecule has 15 heavy (non-hydrogen) atoms. The molecular weight excluding hydrogens is 209 g/mol. The third-order valence-corrected chi connectivity index (χ3v) is 2.14. The van der Waals surface area contributed by atoms with Crippen molar-refractivity contribution in [2.75, 3.05) is 0 Å². The minimum Gasteiger partial charge on any atom is -0.448 e. The van der Waals surface area contributed by atoms with Gasteiger partial charge in [-0.15, -0.1) is 0 Å². The Balaban J connectivity index is 2.45. The van der Waals surface area contributed by atoms with Gasteiger partial charge >= 0.3 is 6.98 Å². The highest BCUT2D eigenvalue weighted by atomic mass is 19.4. The van der Waals surface area contributed by atoms with Crippen LogP contribution in [0.2, 0.25) is 0 Å². The Hall–Kier alpha value is -1.46. The average molecular weight is 216 g/mol. The molecule has 0 aliphatic rings. The molecule has 0 aliphatic heterocycles. The highest BCUT2D eigenvalue weighted by Gasteiger charge is 2.23. The van der Waals surface area contributed by atoms with Crippen LogP contribution in [0.15, 0.2) is 30.5 Å². The third kappa shape index (κ3) is 2.14. The molecule has 0 bridgehead atoms. The van der Waals surface area contributed by atoms with Gasteiger partial charge in [-0.05, 0) is 30.7 Å². The zero-order valence-corrected chi connectivity index (χ0v) is 7.63.